The van der Waals surface area contributed by atoms with Gasteiger partial charge < -0.3 is 10.2 Å². The Kier molecular flexibility index (Phi) is 3.55. The van der Waals surface area contributed by atoms with Crippen molar-refractivity contribution in [3.8, 4) is 0 Å². The summed E-state index contributed by atoms with van der Waals surface area (Å²) in [5.41, 5.74) is 0.877. The number of benzene rings is 1. The summed E-state index contributed by atoms with van der Waals surface area (Å²) in [7, 11) is 0. The molecule has 1 aliphatic heterocycles. The van der Waals surface area contributed by atoms with Gasteiger partial charge in [-0.2, -0.15) is 8.78 Å². The van der Waals surface area contributed by atoms with Crippen molar-refractivity contribution in [1.82, 2.24) is 0 Å². The number of hydrogen-bond donors (Lipinski definition) is 1. The van der Waals surface area contributed by atoms with Crippen molar-refractivity contribution in [3.05, 3.63) is 24.3 Å². The van der Waals surface area contributed by atoms with E-state index in [-0.39, 0.29) is 11.6 Å². The second-order valence-corrected chi connectivity index (χ2v) is 3.99. The smallest absolute Gasteiger partial charge is 0.315 e. The lowest BCUT2D eigenvalue weighted by molar-refractivity contribution is -0.126. The van der Waals surface area contributed by atoms with Gasteiger partial charge in [-0.3, -0.25) is 9.59 Å². The van der Waals surface area contributed by atoms with Crippen LogP contribution in [0.4, 0.5) is 20.2 Å². The second-order valence-electron chi connectivity index (χ2n) is 3.99. The average molecular weight is 254 g/mol. The molecule has 1 N–H and O–H groups in total. The van der Waals surface area contributed by atoms with Crippen LogP contribution in [0.1, 0.15) is 12.8 Å². The topological polar surface area (TPSA) is 49.4 Å². The quantitative estimate of drug-likeness (QED) is 0.897. The molecule has 0 aliphatic carbocycles. The summed E-state index contributed by atoms with van der Waals surface area (Å²) in [5.74, 6) is -1.34. The van der Waals surface area contributed by atoms with Crippen molar-refractivity contribution in [2.24, 2.45) is 0 Å². The maximum Gasteiger partial charge on any atom is 0.315 e. The van der Waals surface area contributed by atoms with Crippen LogP contribution in [0, 0.1) is 0 Å². The fraction of sp³-hybridized carbons (Fsp3) is 0.333. The molecular formula is C12H12F2N2O2. The van der Waals surface area contributed by atoms with Crippen LogP contribution in [-0.4, -0.2) is 24.8 Å². The number of amides is 2. The Morgan fingerprint density at radius 2 is 2.17 bits per heavy atom. The third-order valence-electron chi connectivity index (χ3n) is 2.70. The van der Waals surface area contributed by atoms with Gasteiger partial charge in [-0.1, -0.05) is 6.07 Å². The first kappa shape index (κ1) is 12.5. The maximum absolute atomic E-state index is 12.1. The normalized spacial score (nSPS) is 15.3. The highest BCUT2D eigenvalue weighted by atomic mass is 19.3. The van der Waals surface area contributed by atoms with Gasteiger partial charge in [-0.05, 0) is 24.6 Å². The second kappa shape index (κ2) is 5.12. The third-order valence-corrected chi connectivity index (χ3v) is 2.70. The zero-order chi connectivity index (χ0) is 13.1. The molecule has 0 bridgehead atoms. The van der Waals surface area contributed by atoms with Crippen LogP contribution in [0.15, 0.2) is 24.3 Å². The van der Waals surface area contributed by atoms with Crippen molar-refractivity contribution in [2.75, 3.05) is 16.8 Å². The molecule has 1 fully saturated rings. The lowest BCUT2D eigenvalue weighted by Crippen LogP contribution is -2.24. The largest absolute Gasteiger partial charge is 0.321 e. The van der Waals surface area contributed by atoms with Gasteiger partial charge in [0, 0.05) is 24.3 Å². The molecule has 1 aliphatic rings. The van der Waals surface area contributed by atoms with Crippen LogP contribution < -0.4 is 10.2 Å². The summed E-state index contributed by atoms with van der Waals surface area (Å²) >= 11 is 0. The summed E-state index contributed by atoms with van der Waals surface area (Å²) in [6, 6.07) is 6.34. The first-order valence-electron chi connectivity index (χ1n) is 5.57. The van der Waals surface area contributed by atoms with Gasteiger partial charge in [0.05, 0.1) is 0 Å². The van der Waals surface area contributed by atoms with Crippen molar-refractivity contribution in [1.29, 1.82) is 0 Å². The van der Waals surface area contributed by atoms with Gasteiger partial charge in [0.25, 0.3) is 5.91 Å². The number of rotatable bonds is 3. The molecule has 0 aromatic heterocycles. The standard InChI is InChI=1S/C12H12F2N2O2/c13-11(14)12(18)15-8-3-1-4-9(7-8)16-6-2-5-10(16)17/h1,3-4,7,11H,2,5-6H2,(H,15,18). The van der Waals surface area contributed by atoms with E-state index in [1.807, 2.05) is 0 Å². The molecule has 0 unspecified atom stereocenters. The lowest BCUT2D eigenvalue weighted by Gasteiger charge is -2.16. The molecule has 0 radical (unpaired) electrons. The van der Waals surface area contributed by atoms with Crippen LogP contribution in [0.3, 0.4) is 0 Å². The van der Waals surface area contributed by atoms with Gasteiger partial charge in [0.1, 0.15) is 0 Å². The number of nitrogens with one attached hydrogen (secondary N) is 1. The lowest BCUT2D eigenvalue weighted by atomic mass is 10.2. The molecule has 1 heterocycles. The van der Waals surface area contributed by atoms with Crippen molar-refractivity contribution in [3.63, 3.8) is 0 Å². The molecule has 0 saturated carbocycles. The van der Waals surface area contributed by atoms with Crippen molar-refractivity contribution >= 4 is 23.2 Å². The predicted octanol–water partition coefficient (Wildman–Crippen LogP) is 2.02. The number of nitrogens with zero attached hydrogens (tertiary/aromatic N) is 1. The van der Waals surface area contributed by atoms with E-state index in [1.165, 1.54) is 12.1 Å². The number of carbonyl (C=O) groups is 2. The fourth-order valence-corrected chi connectivity index (χ4v) is 1.87. The Balaban J connectivity index is 2.15. The highest BCUT2D eigenvalue weighted by Crippen LogP contribution is 2.24. The minimum Gasteiger partial charge on any atom is -0.321 e. The summed E-state index contributed by atoms with van der Waals surface area (Å²) in [4.78, 5) is 24.0. The third kappa shape index (κ3) is 2.64. The van der Waals surface area contributed by atoms with Crippen LogP contribution >= 0.6 is 0 Å². The summed E-state index contributed by atoms with van der Waals surface area (Å²) in [6.45, 7) is 0.616. The number of hydrogen-bond acceptors (Lipinski definition) is 2. The number of anilines is 2. The SMILES string of the molecule is O=C(Nc1cccc(N2CCCC2=O)c1)C(F)F. The van der Waals surface area contributed by atoms with E-state index in [2.05, 4.69) is 5.32 Å². The number of carbonyl (C=O) groups excluding carboxylic acids is 2. The first-order chi connectivity index (χ1) is 8.58. The Hall–Kier alpha value is -1.98. The molecule has 1 aromatic carbocycles. The molecule has 18 heavy (non-hydrogen) atoms. The van der Waals surface area contributed by atoms with E-state index in [0.717, 1.165) is 6.42 Å². The monoisotopic (exact) mass is 254 g/mol. The molecule has 2 rings (SSSR count). The van der Waals surface area contributed by atoms with Crippen molar-refractivity contribution in [2.45, 2.75) is 19.3 Å². The Morgan fingerprint density at radius 1 is 1.39 bits per heavy atom. The van der Waals surface area contributed by atoms with Gasteiger partial charge in [0.2, 0.25) is 5.91 Å². The van der Waals surface area contributed by atoms with E-state index in [4.69, 9.17) is 0 Å². The Labute approximate surface area is 103 Å². The van der Waals surface area contributed by atoms with E-state index in [9.17, 15) is 18.4 Å². The van der Waals surface area contributed by atoms with E-state index in [0.29, 0.717) is 18.7 Å². The highest BCUT2D eigenvalue weighted by Gasteiger charge is 2.22. The molecule has 0 atom stereocenters. The minimum absolute atomic E-state index is 0.00679. The van der Waals surface area contributed by atoms with Gasteiger partial charge in [-0.25, -0.2) is 0 Å². The van der Waals surface area contributed by atoms with Gasteiger partial charge in [-0.15, -0.1) is 0 Å². The first-order valence-corrected chi connectivity index (χ1v) is 5.57. The van der Waals surface area contributed by atoms with E-state index < -0.39 is 12.3 Å². The summed E-state index contributed by atoms with van der Waals surface area (Å²) < 4.78 is 24.2. The summed E-state index contributed by atoms with van der Waals surface area (Å²) in [6.07, 6.45) is -1.78. The molecule has 96 valence electrons. The molecule has 6 heteroatoms. The molecular weight excluding hydrogens is 242 g/mol. The number of halogens is 2. The average Bonchev–Trinajstić information content (AvgIpc) is 2.75. The zero-order valence-corrected chi connectivity index (χ0v) is 9.53. The van der Waals surface area contributed by atoms with Crippen LogP contribution in [0.5, 0.6) is 0 Å². The van der Waals surface area contributed by atoms with Crippen LogP contribution in [0.2, 0.25) is 0 Å². The molecule has 4 nitrogen and oxygen atoms in total. The fourth-order valence-electron chi connectivity index (χ4n) is 1.87. The molecule has 0 spiro atoms. The van der Waals surface area contributed by atoms with Crippen molar-refractivity contribution < 1.29 is 18.4 Å². The van der Waals surface area contributed by atoms with Crippen LogP contribution in [0.25, 0.3) is 0 Å². The highest BCUT2D eigenvalue weighted by molar-refractivity contribution is 5.97. The zero-order valence-electron chi connectivity index (χ0n) is 9.53. The predicted molar refractivity (Wildman–Crippen MR) is 62.7 cm³/mol. The molecule has 2 amide bonds. The van der Waals surface area contributed by atoms with Gasteiger partial charge >= 0.3 is 6.43 Å². The number of alkyl halides is 2. The Bertz CT molecular complexity index is 477. The van der Waals surface area contributed by atoms with Gasteiger partial charge in [0.15, 0.2) is 0 Å². The maximum atomic E-state index is 12.1. The molecule has 1 saturated heterocycles. The van der Waals surface area contributed by atoms with E-state index >= 15 is 0 Å². The Morgan fingerprint density at radius 3 is 2.78 bits per heavy atom. The summed E-state index contributed by atoms with van der Waals surface area (Å²) in [5, 5.41) is 2.09. The van der Waals surface area contributed by atoms with Crippen LogP contribution in [-0.2, 0) is 9.59 Å². The minimum atomic E-state index is -3.05. The molecule has 1 aromatic rings. The van der Waals surface area contributed by atoms with E-state index in [1.54, 1.807) is 17.0 Å².